The highest BCUT2D eigenvalue weighted by atomic mass is 16.1. The van der Waals surface area contributed by atoms with E-state index < -0.39 is 0 Å². The van der Waals surface area contributed by atoms with Gasteiger partial charge >= 0.3 is 0 Å². The maximum absolute atomic E-state index is 12.7. The molecule has 0 spiro atoms. The fraction of sp³-hybridized carbons (Fsp3) is 0.571. The maximum Gasteiger partial charge on any atom is 0.224 e. The number of benzene rings is 1. The van der Waals surface area contributed by atoms with Gasteiger partial charge < -0.3 is 15.2 Å². The summed E-state index contributed by atoms with van der Waals surface area (Å²) in [6.07, 6.45) is 5.36. The molecule has 1 saturated heterocycles. The van der Waals surface area contributed by atoms with Crippen molar-refractivity contribution < 1.29 is 4.79 Å². The van der Waals surface area contributed by atoms with Crippen molar-refractivity contribution in [2.45, 2.75) is 58.9 Å². The van der Waals surface area contributed by atoms with E-state index in [1.807, 2.05) is 0 Å². The minimum atomic E-state index is 0.134. The Kier molecular flexibility index (Phi) is 5.79. The van der Waals surface area contributed by atoms with Crippen molar-refractivity contribution in [3.05, 3.63) is 35.0 Å². The molecule has 1 atom stereocenters. The molecule has 4 nitrogen and oxygen atoms in total. The van der Waals surface area contributed by atoms with Gasteiger partial charge in [-0.3, -0.25) is 4.79 Å². The molecule has 0 unspecified atom stereocenters. The molecule has 1 aliphatic rings. The number of aromatic nitrogens is 1. The summed E-state index contributed by atoms with van der Waals surface area (Å²) in [5, 5.41) is 4.44. The Balaban J connectivity index is 1.65. The Morgan fingerprint density at radius 2 is 2.00 bits per heavy atom. The second-order valence-corrected chi connectivity index (χ2v) is 7.44. The number of hydrogen-bond donors (Lipinski definition) is 2. The van der Waals surface area contributed by atoms with E-state index in [1.165, 1.54) is 43.3 Å². The van der Waals surface area contributed by atoms with Crippen LogP contribution in [-0.4, -0.2) is 41.5 Å². The molecule has 1 aliphatic heterocycles. The predicted molar refractivity (Wildman–Crippen MR) is 104 cm³/mol. The average molecular weight is 341 g/mol. The Morgan fingerprint density at radius 1 is 1.24 bits per heavy atom. The third-order valence-corrected chi connectivity index (χ3v) is 5.49. The number of nitrogens with zero attached hydrogens (tertiary/aromatic N) is 1. The molecule has 25 heavy (non-hydrogen) atoms. The monoisotopic (exact) mass is 341 g/mol. The summed E-state index contributed by atoms with van der Waals surface area (Å²) in [6, 6.07) is 6.53. The molecule has 4 heteroatoms. The molecule has 1 aromatic carbocycles. The maximum atomic E-state index is 12.7. The molecule has 1 fully saturated rings. The molecule has 0 aliphatic carbocycles. The van der Waals surface area contributed by atoms with Crippen molar-refractivity contribution in [3.8, 4) is 0 Å². The number of aromatic amines is 1. The molecule has 2 N–H and O–H groups in total. The number of H-pyrrole nitrogens is 1. The zero-order valence-electron chi connectivity index (χ0n) is 15.8. The number of amides is 1. The lowest BCUT2D eigenvalue weighted by molar-refractivity contribution is -0.121. The number of fused-ring (bicyclic) bond motifs is 1. The average Bonchev–Trinajstić information content (AvgIpc) is 2.92. The van der Waals surface area contributed by atoms with E-state index in [4.69, 9.17) is 0 Å². The molecule has 1 aromatic heterocycles. The van der Waals surface area contributed by atoms with Crippen molar-refractivity contribution in [2.75, 3.05) is 19.6 Å². The molecule has 0 saturated carbocycles. The number of aryl methyl sites for hydroxylation is 2. The van der Waals surface area contributed by atoms with Gasteiger partial charge in [0.05, 0.1) is 6.42 Å². The van der Waals surface area contributed by atoms with Crippen LogP contribution in [0, 0.1) is 13.8 Å². The standard InChI is InChI=1S/C21H31N3O/c1-4-17(14-24-11-6-5-7-12-24)23-20(25)13-19-16(3)22-21-15(2)9-8-10-18(19)21/h8-10,17,22H,4-7,11-14H2,1-3H3,(H,23,25)/t17-/m1/s1. The van der Waals surface area contributed by atoms with Crippen molar-refractivity contribution in [2.24, 2.45) is 0 Å². The van der Waals surface area contributed by atoms with Gasteiger partial charge in [-0.2, -0.15) is 0 Å². The van der Waals surface area contributed by atoms with Gasteiger partial charge in [0.1, 0.15) is 0 Å². The number of para-hydroxylation sites is 1. The van der Waals surface area contributed by atoms with Gasteiger partial charge in [-0.1, -0.05) is 31.5 Å². The molecule has 136 valence electrons. The number of nitrogens with one attached hydrogen (secondary N) is 2. The summed E-state index contributed by atoms with van der Waals surface area (Å²) >= 11 is 0. The highest BCUT2D eigenvalue weighted by Crippen LogP contribution is 2.25. The van der Waals surface area contributed by atoms with Crippen LogP contribution in [0.1, 0.15) is 49.4 Å². The van der Waals surface area contributed by atoms with Gasteiger partial charge in [0.25, 0.3) is 0 Å². The van der Waals surface area contributed by atoms with Crippen molar-refractivity contribution in [3.63, 3.8) is 0 Å². The minimum absolute atomic E-state index is 0.134. The van der Waals surface area contributed by atoms with Gasteiger partial charge in [0.2, 0.25) is 5.91 Å². The van der Waals surface area contributed by atoms with E-state index >= 15 is 0 Å². The first-order chi connectivity index (χ1) is 12.1. The summed E-state index contributed by atoms with van der Waals surface area (Å²) in [6.45, 7) is 9.66. The molecule has 2 heterocycles. The normalized spacial score (nSPS) is 16.9. The molecule has 2 aromatic rings. The zero-order chi connectivity index (χ0) is 17.8. The summed E-state index contributed by atoms with van der Waals surface area (Å²) in [7, 11) is 0. The first kappa shape index (κ1) is 18.0. The van der Waals surface area contributed by atoms with Crippen LogP contribution < -0.4 is 5.32 Å². The third kappa shape index (κ3) is 4.24. The minimum Gasteiger partial charge on any atom is -0.358 e. The molecular weight excluding hydrogens is 310 g/mol. The Hall–Kier alpha value is -1.81. The quantitative estimate of drug-likeness (QED) is 0.841. The summed E-state index contributed by atoms with van der Waals surface area (Å²) in [4.78, 5) is 18.6. The number of hydrogen-bond acceptors (Lipinski definition) is 2. The summed E-state index contributed by atoms with van der Waals surface area (Å²) < 4.78 is 0. The lowest BCUT2D eigenvalue weighted by atomic mass is 10.0. The number of likely N-dealkylation sites (tertiary alicyclic amines) is 1. The fourth-order valence-electron chi connectivity index (χ4n) is 3.95. The van der Waals surface area contributed by atoms with Crippen molar-refractivity contribution in [1.29, 1.82) is 0 Å². The van der Waals surface area contributed by atoms with Gasteiger partial charge in [0, 0.05) is 29.2 Å². The lowest BCUT2D eigenvalue weighted by Crippen LogP contribution is -2.45. The topological polar surface area (TPSA) is 48.1 Å². The van der Waals surface area contributed by atoms with E-state index in [1.54, 1.807) is 0 Å². The van der Waals surface area contributed by atoms with Crippen LogP contribution in [0.2, 0.25) is 0 Å². The molecular formula is C21H31N3O. The van der Waals surface area contributed by atoms with E-state index in [0.717, 1.165) is 29.7 Å². The van der Waals surface area contributed by atoms with Crippen molar-refractivity contribution in [1.82, 2.24) is 15.2 Å². The number of piperidine rings is 1. The van der Waals surface area contributed by atoms with Crippen LogP contribution in [0.15, 0.2) is 18.2 Å². The van der Waals surface area contributed by atoms with Gasteiger partial charge in [-0.05, 0) is 57.3 Å². The SMILES string of the molecule is CC[C@H](CN1CCCCC1)NC(=O)Cc1c(C)[nH]c2c(C)cccc12. The first-order valence-electron chi connectivity index (χ1n) is 9.67. The Bertz CT molecular complexity index is 728. The lowest BCUT2D eigenvalue weighted by Gasteiger charge is -2.30. The van der Waals surface area contributed by atoms with Crippen LogP contribution in [0.3, 0.4) is 0 Å². The molecule has 3 rings (SSSR count). The largest absolute Gasteiger partial charge is 0.358 e. The smallest absolute Gasteiger partial charge is 0.224 e. The predicted octanol–water partition coefficient (Wildman–Crippen LogP) is 3.71. The van der Waals surface area contributed by atoms with E-state index in [-0.39, 0.29) is 11.9 Å². The van der Waals surface area contributed by atoms with E-state index in [0.29, 0.717) is 6.42 Å². The summed E-state index contributed by atoms with van der Waals surface area (Å²) in [5.74, 6) is 0.134. The third-order valence-electron chi connectivity index (χ3n) is 5.49. The van der Waals surface area contributed by atoms with Crippen LogP contribution in [-0.2, 0) is 11.2 Å². The molecule has 0 radical (unpaired) electrons. The van der Waals surface area contributed by atoms with E-state index in [2.05, 4.69) is 54.2 Å². The second-order valence-electron chi connectivity index (χ2n) is 7.44. The van der Waals surface area contributed by atoms with E-state index in [9.17, 15) is 4.79 Å². The Labute approximate surface area is 151 Å². The van der Waals surface area contributed by atoms with Crippen LogP contribution in [0.25, 0.3) is 10.9 Å². The highest BCUT2D eigenvalue weighted by molar-refractivity contribution is 5.91. The van der Waals surface area contributed by atoms with Crippen LogP contribution in [0.5, 0.6) is 0 Å². The molecule has 0 bridgehead atoms. The fourth-order valence-corrected chi connectivity index (χ4v) is 3.95. The number of carbonyl (C=O) groups is 1. The summed E-state index contributed by atoms with van der Waals surface area (Å²) in [5.41, 5.74) is 4.61. The van der Waals surface area contributed by atoms with Gasteiger partial charge in [-0.25, -0.2) is 0 Å². The van der Waals surface area contributed by atoms with Crippen molar-refractivity contribution >= 4 is 16.8 Å². The van der Waals surface area contributed by atoms with Gasteiger partial charge in [0.15, 0.2) is 0 Å². The number of carbonyl (C=O) groups excluding carboxylic acids is 1. The van der Waals surface area contributed by atoms with Gasteiger partial charge in [-0.15, -0.1) is 0 Å². The van der Waals surface area contributed by atoms with Crippen LogP contribution in [0.4, 0.5) is 0 Å². The van der Waals surface area contributed by atoms with Crippen LogP contribution >= 0.6 is 0 Å². The first-order valence-corrected chi connectivity index (χ1v) is 9.67. The number of rotatable bonds is 6. The zero-order valence-corrected chi connectivity index (χ0v) is 15.8. The second kappa shape index (κ2) is 8.05. The Morgan fingerprint density at radius 3 is 2.72 bits per heavy atom. The molecule has 1 amide bonds. The highest BCUT2D eigenvalue weighted by Gasteiger charge is 2.19.